The van der Waals surface area contributed by atoms with Gasteiger partial charge in [0.2, 0.25) is 6.79 Å². The number of piperidine rings is 1. The summed E-state index contributed by atoms with van der Waals surface area (Å²) in [6, 6.07) is 11.6. The highest BCUT2D eigenvalue weighted by Crippen LogP contribution is 2.49. The molecule has 3 aromatic rings. The van der Waals surface area contributed by atoms with Crippen LogP contribution >= 0.6 is 0 Å². The molecule has 0 radical (unpaired) electrons. The van der Waals surface area contributed by atoms with Crippen molar-refractivity contribution in [3.8, 4) is 17.2 Å². The van der Waals surface area contributed by atoms with Gasteiger partial charge in [-0.1, -0.05) is 0 Å². The average Bonchev–Trinajstić information content (AvgIpc) is 3.46. The van der Waals surface area contributed by atoms with E-state index in [9.17, 15) is 9.90 Å². The zero-order valence-electron chi connectivity index (χ0n) is 20.4. The van der Waals surface area contributed by atoms with Crippen molar-refractivity contribution >= 4 is 16.8 Å². The third-order valence-electron chi connectivity index (χ3n) is 8.18. The smallest absolute Gasteiger partial charge is 0.253 e. The number of methoxy groups -OCH3 is 1. The lowest BCUT2D eigenvalue weighted by Gasteiger charge is -2.49. The van der Waals surface area contributed by atoms with E-state index < -0.39 is 0 Å². The van der Waals surface area contributed by atoms with Gasteiger partial charge in [0.15, 0.2) is 11.5 Å². The molecular weight excluding hydrogens is 446 g/mol. The molecule has 8 nitrogen and oxygen atoms in total. The van der Waals surface area contributed by atoms with Crippen LogP contribution in [0.5, 0.6) is 17.2 Å². The van der Waals surface area contributed by atoms with Crippen molar-refractivity contribution < 1.29 is 24.1 Å². The van der Waals surface area contributed by atoms with Crippen molar-refractivity contribution in [3.63, 3.8) is 0 Å². The van der Waals surface area contributed by atoms with Crippen LogP contribution in [0.25, 0.3) is 10.9 Å². The number of carbonyl (C=O) groups is 1. The second-order valence-corrected chi connectivity index (χ2v) is 9.96. The van der Waals surface area contributed by atoms with Crippen LogP contribution < -0.4 is 14.2 Å². The van der Waals surface area contributed by atoms with Crippen LogP contribution in [0.2, 0.25) is 0 Å². The van der Waals surface area contributed by atoms with Gasteiger partial charge in [0.25, 0.3) is 5.91 Å². The molecule has 184 valence electrons. The van der Waals surface area contributed by atoms with Gasteiger partial charge in [0, 0.05) is 54.8 Å². The molecule has 6 rings (SSSR count). The first-order valence-electron chi connectivity index (χ1n) is 12.1. The SMILES string of the molecule is COc1ccc2c3c(n(C)c2c1)[C@H](CO)N(C)CC31CCN(C(=O)c2ccc3c(c2)OCO3)CC1. The lowest BCUT2D eigenvalue weighted by molar-refractivity contribution is 0.0506. The highest BCUT2D eigenvalue weighted by molar-refractivity contribution is 5.95. The number of aromatic nitrogens is 1. The number of carbonyl (C=O) groups excluding carboxylic acids is 1. The lowest BCUT2D eigenvalue weighted by atomic mass is 9.68. The summed E-state index contributed by atoms with van der Waals surface area (Å²) in [5, 5.41) is 11.5. The molecule has 1 aromatic heterocycles. The number of ether oxygens (including phenoxy) is 3. The topological polar surface area (TPSA) is 76.4 Å². The van der Waals surface area contributed by atoms with E-state index in [1.807, 2.05) is 23.1 Å². The molecule has 1 saturated heterocycles. The van der Waals surface area contributed by atoms with Crippen LogP contribution in [0.3, 0.4) is 0 Å². The number of rotatable bonds is 3. The van der Waals surface area contributed by atoms with E-state index >= 15 is 0 Å². The molecule has 1 amide bonds. The fraction of sp³-hybridized carbons (Fsp3) is 0.444. The Kier molecular flexibility index (Phi) is 5.19. The number of aryl methyl sites for hydroxylation is 1. The molecule has 1 N–H and O–H groups in total. The van der Waals surface area contributed by atoms with E-state index in [1.54, 1.807) is 13.2 Å². The van der Waals surface area contributed by atoms with E-state index in [4.69, 9.17) is 14.2 Å². The van der Waals surface area contributed by atoms with Crippen LogP contribution in [-0.4, -0.2) is 72.6 Å². The van der Waals surface area contributed by atoms with Gasteiger partial charge in [0.1, 0.15) is 5.75 Å². The zero-order chi connectivity index (χ0) is 24.3. The first-order chi connectivity index (χ1) is 17.0. The summed E-state index contributed by atoms with van der Waals surface area (Å²) >= 11 is 0. The van der Waals surface area contributed by atoms with Crippen molar-refractivity contribution in [2.24, 2.45) is 7.05 Å². The first-order valence-corrected chi connectivity index (χ1v) is 12.1. The Morgan fingerprint density at radius 2 is 1.89 bits per heavy atom. The normalized spacial score (nSPS) is 20.9. The molecular formula is C27H31N3O5. The second kappa shape index (κ2) is 8.17. The molecule has 1 spiro atoms. The maximum Gasteiger partial charge on any atom is 0.253 e. The van der Waals surface area contributed by atoms with Gasteiger partial charge in [-0.05, 0) is 55.8 Å². The summed E-state index contributed by atoms with van der Waals surface area (Å²) < 4.78 is 18.6. The third-order valence-corrected chi connectivity index (χ3v) is 8.18. The number of likely N-dealkylation sites (tertiary alicyclic amines) is 1. The number of amides is 1. The number of fused-ring (bicyclic) bond motifs is 5. The fourth-order valence-corrected chi connectivity index (χ4v) is 6.37. The Hall–Kier alpha value is -3.23. The largest absolute Gasteiger partial charge is 0.497 e. The summed E-state index contributed by atoms with van der Waals surface area (Å²) in [6.45, 7) is 2.46. The van der Waals surface area contributed by atoms with Crippen molar-refractivity contribution in [2.45, 2.75) is 24.3 Å². The summed E-state index contributed by atoms with van der Waals surface area (Å²) in [6.07, 6.45) is 1.73. The Balaban J connectivity index is 1.35. The van der Waals surface area contributed by atoms with Crippen molar-refractivity contribution in [2.75, 3.05) is 47.2 Å². The van der Waals surface area contributed by atoms with Crippen molar-refractivity contribution in [3.05, 3.63) is 53.2 Å². The summed E-state index contributed by atoms with van der Waals surface area (Å²) in [4.78, 5) is 17.6. The molecule has 0 unspecified atom stereocenters. The molecule has 2 aromatic carbocycles. The van der Waals surface area contributed by atoms with Crippen LogP contribution in [-0.2, 0) is 12.5 Å². The van der Waals surface area contributed by atoms with E-state index in [1.165, 1.54) is 16.6 Å². The molecule has 35 heavy (non-hydrogen) atoms. The number of nitrogens with zero attached hydrogens (tertiary/aromatic N) is 3. The van der Waals surface area contributed by atoms with Gasteiger partial charge in [-0.15, -0.1) is 0 Å². The third kappa shape index (κ3) is 3.31. The Morgan fingerprint density at radius 1 is 1.11 bits per heavy atom. The second-order valence-electron chi connectivity index (χ2n) is 9.96. The average molecular weight is 478 g/mol. The van der Waals surface area contributed by atoms with E-state index in [0.29, 0.717) is 30.2 Å². The van der Waals surface area contributed by atoms with Crippen LogP contribution in [0.4, 0.5) is 0 Å². The standard InChI is InChI=1S/C27H31N3O5/c1-28-15-27(24-19-6-5-18(33-3)13-20(19)29(2)25(24)21(28)14-31)8-10-30(11-9-27)26(32)17-4-7-22-23(12-17)35-16-34-22/h4-7,12-13,21,31H,8-11,14-16H2,1-3H3/t21-/m0/s1. The van der Waals surface area contributed by atoms with Gasteiger partial charge >= 0.3 is 0 Å². The highest BCUT2D eigenvalue weighted by Gasteiger charge is 2.47. The summed E-state index contributed by atoms with van der Waals surface area (Å²) in [5.74, 6) is 2.16. The Bertz CT molecular complexity index is 1310. The molecule has 4 heterocycles. The minimum absolute atomic E-state index is 0.0263. The first kappa shape index (κ1) is 22.2. The maximum atomic E-state index is 13.3. The number of aliphatic hydroxyl groups is 1. The molecule has 1 atom stereocenters. The predicted octanol–water partition coefficient (Wildman–Crippen LogP) is 3.07. The molecule has 0 bridgehead atoms. The number of hydrogen-bond donors (Lipinski definition) is 1. The number of benzene rings is 2. The van der Waals surface area contributed by atoms with Crippen molar-refractivity contribution in [1.82, 2.24) is 14.4 Å². The van der Waals surface area contributed by atoms with E-state index in [-0.39, 0.29) is 30.8 Å². The summed E-state index contributed by atoms with van der Waals surface area (Å²) in [7, 11) is 5.85. The highest BCUT2D eigenvalue weighted by atomic mass is 16.7. The molecule has 0 saturated carbocycles. The van der Waals surface area contributed by atoms with Crippen LogP contribution in [0.15, 0.2) is 36.4 Å². The van der Waals surface area contributed by atoms with Gasteiger partial charge in [0.05, 0.1) is 25.3 Å². The maximum absolute atomic E-state index is 13.3. The molecule has 0 aliphatic carbocycles. The van der Waals surface area contributed by atoms with Crippen molar-refractivity contribution in [1.29, 1.82) is 0 Å². The monoisotopic (exact) mass is 477 g/mol. The molecule has 3 aliphatic rings. The number of likely N-dealkylation sites (N-methyl/N-ethyl adjacent to an activating group) is 1. The fourth-order valence-electron chi connectivity index (χ4n) is 6.37. The predicted molar refractivity (Wildman–Crippen MR) is 131 cm³/mol. The Labute approximate surface area is 204 Å². The van der Waals surface area contributed by atoms with E-state index in [2.05, 4.69) is 35.7 Å². The molecule has 1 fully saturated rings. The zero-order valence-corrected chi connectivity index (χ0v) is 20.4. The van der Waals surface area contributed by atoms with Gasteiger partial charge in [-0.3, -0.25) is 9.69 Å². The number of hydrogen-bond acceptors (Lipinski definition) is 6. The van der Waals surface area contributed by atoms with Gasteiger partial charge in [-0.25, -0.2) is 0 Å². The number of aliphatic hydroxyl groups excluding tert-OH is 1. The molecule has 3 aliphatic heterocycles. The van der Waals surface area contributed by atoms with Crippen LogP contribution in [0.1, 0.15) is 40.5 Å². The minimum Gasteiger partial charge on any atom is -0.497 e. The van der Waals surface area contributed by atoms with Gasteiger partial charge < -0.3 is 28.8 Å². The lowest BCUT2D eigenvalue weighted by Crippen LogP contribution is -2.53. The molecule has 8 heteroatoms. The van der Waals surface area contributed by atoms with Gasteiger partial charge in [-0.2, -0.15) is 0 Å². The van der Waals surface area contributed by atoms with E-state index in [0.717, 1.165) is 30.7 Å². The Morgan fingerprint density at radius 3 is 2.63 bits per heavy atom. The van der Waals surface area contributed by atoms with Crippen LogP contribution in [0, 0.1) is 0 Å². The quantitative estimate of drug-likeness (QED) is 0.625. The minimum atomic E-state index is -0.0878. The summed E-state index contributed by atoms with van der Waals surface area (Å²) in [5.41, 5.74) is 4.14.